The third-order valence-corrected chi connectivity index (χ3v) is 7.41. The SMILES string of the molecule is CC.CC=O.C[C@H]1CC[C@@H]2C3CC[C@@H]4CCCC4[C@@H]3CC[C@@H]2C1.[HH].[Ho]. The van der Waals surface area contributed by atoms with Crippen LogP contribution in [-0.2, 0) is 4.79 Å². The molecule has 0 aromatic rings. The number of fused-ring (bicyclic) bond motifs is 5. The molecule has 4 saturated carbocycles. The second kappa shape index (κ2) is 11.6. The molecule has 0 aromatic heterocycles. The third kappa shape index (κ3) is 5.23. The predicted octanol–water partition coefficient (Wildman–Crippen LogP) is 6.75. The van der Waals surface area contributed by atoms with E-state index in [9.17, 15) is 0 Å². The summed E-state index contributed by atoms with van der Waals surface area (Å²) in [5.41, 5.74) is 0. The maximum atomic E-state index is 8.81. The molecule has 0 saturated heterocycles. The molecule has 0 heterocycles. The van der Waals surface area contributed by atoms with Gasteiger partial charge in [-0.2, -0.15) is 0 Å². The third-order valence-electron chi connectivity index (χ3n) is 7.41. The molecule has 0 aliphatic heterocycles. The quantitative estimate of drug-likeness (QED) is 0.273. The van der Waals surface area contributed by atoms with Crippen molar-refractivity contribution in [3.8, 4) is 0 Å². The molecule has 4 rings (SSSR count). The van der Waals surface area contributed by atoms with Crippen molar-refractivity contribution >= 4 is 6.29 Å². The Bertz CT molecular complexity index is 362. The zero-order valence-corrected chi connectivity index (χ0v) is 18.3. The molecule has 4 aliphatic carbocycles. The molecule has 0 bridgehead atoms. The second-order valence-corrected chi connectivity index (χ2v) is 8.42. The Hall–Kier alpha value is 0.930. The van der Waals surface area contributed by atoms with Gasteiger partial charge < -0.3 is 4.79 Å². The number of carbonyl (C=O) groups is 1. The number of carbonyl (C=O) groups excluding carboxylic acids is 1. The summed E-state index contributed by atoms with van der Waals surface area (Å²) in [4.78, 5) is 8.81. The molecule has 2 heteroatoms. The summed E-state index contributed by atoms with van der Waals surface area (Å²) >= 11 is 0. The van der Waals surface area contributed by atoms with Crippen molar-refractivity contribution in [2.45, 2.75) is 91.9 Å². The summed E-state index contributed by atoms with van der Waals surface area (Å²) in [5.74, 6) is 7.98. The fraction of sp³-hybridized carbons (Fsp3) is 0.955. The van der Waals surface area contributed by atoms with Crippen molar-refractivity contribution < 1.29 is 44.0 Å². The van der Waals surface area contributed by atoms with Crippen LogP contribution in [-0.4, -0.2) is 6.29 Å². The first-order valence-corrected chi connectivity index (χ1v) is 10.6. The van der Waals surface area contributed by atoms with Gasteiger partial charge in [0.1, 0.15) is 6.29 Å². The molecule has 147 valence electrons. The second-order valence-electron chi connectivity index (χ2n) is 8.42. The molecule has 1 radical (unpaired) electrons. The molecule has 4 aliphatic rings. The maximum absolute atomic E-state index is 8.81. The summed E-state index contributed by atoms with van der Waals surface area (Å²) in [6.07, 6.45) is 16.6. The van der Waals surface area contributed by atoms with Crippen LogP contribution in [0.4, 0.5) is 0 Å². The Labute approximate surface area is 182 Å². The van der Waals surface area contributed by atoms with Crippen LogP contribution in [0.1, 0.15) is 93.3 Å². The van der Waals surface area contributed by atoms with Crippen LogP contribution in [0.2, 0.25) is 0 Å². The van der Waals surface area contributed by atoms with Gasteiger partial charge in [-0.1, -0.05) is 40.0 Å². The van der Waals surface area contributed by atoms with Gasteiger partial charge in [0.25, 0.3) is 0 Å². The van der Waals surface area contributed by atoms with Gasteiger partial charge in [0.05, 0.1) is 0 Å². The van der Waals surface area contributed by atoms with Crippen LogP contribution in [0.25, 0.3) is 0 Å². The van der Waals surface area contributed by atoms with E-state index in [0.717, 1.165) is 35.9 Å². The van der Waals surface area contributed by atoms with Crippen molar-refractivity contribution in [1.82, 2.24) is 0 Å². The molecule has 0 N–H and O–H groups in total. The van der Waals surface area contributed by atoms with Gasteiger partial charge in [0, 0.05) is 39.2 Å². The fourth-order valence-electron chi connectivity index (χ4n) is 6.71. The number of aldehydes is 1. The van der Waals surface area contributed by atoms with Crippen molar-refractivity contribution in [2.75, 3.05) is 0 Å². The smallest absolute Gasteiger partial charge is 0.116 e. The van der Waals surface area contributed by atoms with Crippen LogP contribution in [0.3, 0.4) is 0 Å². The van der Waals surface area contributed by atoms with Crippen molar-refractivity contribution in [3.05, 3.63) is 0 Å². The number of hydrogen-bond donors (Lipinski definition) is 0. The van der Waals surface area contributed by atoms with E-state index in [-0.39, 0.29) is 39.2 Å². The summed E-state index contributed by atoms with van der Waals surface area (Å²) in [5, 5.41) is 0. The Morgan fingerprint density at radius 1 is 0.750 bits per heavy atom. The number of hydrogen-bond acceptors (Lipinski definition) is 1. The first-order valence-electron chi connectivity index (χ1n) is 10.6. The van der Waals surface area contributed by atoms with E-state index in [4.69, 9.17) is 4.79 Å². The molecular weight excluding hydrogens is 445 g/mol. The van der Waals surface area contributed by atoms with Gasteiger partial charge in [0.2, 0.25) is 0 Å². The monoisotopic (exact) mass is 487 g/mol. The maximum Gasteiger partial charge on any atom is 0.116 e. The van der Waals surface area contributed by atoms with E-state index >= 15 is 0 Å². The van der Waals surface area contributed by atoms with E-state index < -0.39 is 0 Å². The van der Waals surface area contributed by atoms with E-state index in [0.29, 0.717) is 0 Å². The van der Waals surface area contributed by atoms with Gasteiger partial charge in [-0.25, -0.2) is 0 Å². The fourth-order valence-corrected chi connectivity index (χ4v) is 6.71. The normalized spacial score (nSPS) is 42.4. The van der Waals surface area contributed by atoms with E-state index in [1.54, 1.807) is 64.2 Å². The van der Waals surface area contributed by atoms with Crippen LogP contribution in [0, 0.1) is 79.2 Å². The molecule has 0 amide bonds. The van der Waals surface area contributed by atoms with Crippen LogP contribution in [0.5, 0.6) is 0 Å². The zero-order valence-electron chi connectivity index (χ0n) is 16.4. The van der Waals surface area contributed by atoms with Gasteiger partial charge in [-0.15, -0.1) is 0 Å². The molecule has 2 unspecified atom stereocenters. The zero-order chi connectivity index (χ0) is 16.8. The molecule has 24 heavy (non-hydrogen) atoms. The largest absolute Gasteiger partial charge is 0.304 e. The standard InChI is InChI=1S/C18H30.C2H4O.C2H6.Ho.H2/c1-12-5-8-16-14(11-12)7-10-17-15-4-2-3-13(15)6-9-18(16)17;1-2-3;1-2;;/h12-18H,2-11H2,1H3;2H,1H3;1-2H3;;1H/t12-,13-,14+,15?,16-,17-,18?;;;;/m0..../s1. The number of rotatable bonds is 0. The summed E-state index contributed by atoms with van der Waals surface area (Å²) < 4.78 is 0. The Morgan fingerprint density at radius 3 is 1.88 bits per heavy atom. The van der Waals surface area contributed by atoms with Gasteiger partial charge in [-0.05, 0) is 93.3 Å². The molecule has 7 atom stereocenters. The van der Waals surface area contributed by atoms with Gasteiger partial charge in [-0.3, -0.25) is 0 Å². The van der Waals surface area contributed by atoms with Crippen molar-refractivity contribution in [2.24, 2.45) is 41.4 Å². The minimum atomic E-state index is 0. The van der Waals surface area contributed by atoms with Crippen LogP contribution < -0.4 is 0 Å². The minimum Gasteiger partial charge on any atom is -0.304 e. The molecule has 0 spiro atoms. The topological polar surface area (TPSA) is 17.1 Å². The van der Waals surface area contributed by atoms with E-state index in [2.05, 4.69) is 6.92 Å². The van der Waals surface area contributed by atoms with Gasteiger partial charge in [0.15, 0.2) is 0 Å². The first-order chi connectivity index (χ1) is 11.2. The van der Waals surface area contributed by atoms with Crippen molar-refractivity contribution in [3.63, 3.8) is 0 Å². The Morgan fingerprint density at radius 2 is 1.25 bits per heavy atom. The predicted molar refractivity (Wildman–Crippen MR) is 101 cm³/mol. The summed E-state index contributed by atoms with van der Waals surface area (Å²) in [6.45, 7) is 7.94. The summed E-state index contributed by atoms with van der Waals surface area (Å²) in [7, 11) is 0. The van der Waals surface area contributed by atoms with Gasteiger partial charge >= 0.3 is 0 Å². The van der Waals surface area contributed by atoms with Crippen molar-refractivity contribution in [1.29, 1.82) is 0 Å². The van der Waals surface area contributed by atoms with Crippen LogP contribution in [0.15, 0.2) is 0 Å². The van der Waals surface area contributed by atoms with E-state index in [1.807, 2.05) is 13.8 Å². The Kier molecular flexibility index (Phi) is 11.1. The molecular formula is C22H42HoO. The average molecular weight is 488 g/mol. The summed E-state index contributed by atoms with van der Waals surface area (Å²) in [6, 6.07) is 0. The minimum absolute atomic E-state index is 0. The molecule has 0 aromatic carbocycles. The first kappa shape index (κ1) is 23.0. The average Bonchev–Trinajstić information content (AvgIpc) is 3.05. The Balaban J connectivity index is 0.000000752. The van der Waals surface area contributed by atoms with Crippen LogP contribution >= 0.6 is 0 Å². The molecule has 4 fully saturated rings. The van der Waals surface area contributed by atoms with E-state index in [1.165, 1.54) is 18.8 Å². The molecule has 1 nitrogen and oxygen atoms in total.